The summed E-state index contributed by atoms with van der Waals surface area (Å²) in [5, 5.41) is 12.2. The first kappa shape index (κ1) is 18.2. The van der Waals surface area contributed by atoms with Gasteiger partial charge in [0.2, 0.25) is 11.0 Å². The Morgan fingerprint density at radius 3 is 2.80 bits per heavy atom. The van der Waals surface area contributed by atoms with Crippen LogP contribution in [0.3, 0.4) is 0 Å². The summed E-state index contributed by atoms with van der Waals surface area (Å²) < 4.78 is 6.15. The smallest absolute Gasteiger partial charge is 0.239 e. The number of benzene rings is 1. The van der Waals surface area contributed by atoms with Crippen LogP contribution in [0.4, 0.5) is 5.13 Å². The van der Waals surface area contributed by atoms with Gasteiger partial charge in [-0.15, -0.1) is 10.2 Å². The molecular weight excluding hydrogens is 376 g/mol. The molecule has 132 valence electrons. The van der Waals surface area contributed by atoms with Gasteiger partial charge in [-0.05, 0) is 30.7 Å². The second-order valence-corrected chi connectivity index (χ2v) is 8.65. The average molecular weight is 395 g/mol. The van der Waals surface area contributed by atoms with E-state index in [1.54, 1.807) is 18.9 Å². The second kappa shape index (κ2) is 8.68. The van der Waals surface area contributed by atoms with Gasteiger partial charge >= 0.3 is 0 Å². The fourth-order valence-corrected chi connectivity index (χ4v) is 5.04. The summed E-state index contributed by atoms with van der Waals surface area (Å²) in [4.78, 5) is 16.9. The Bertz CT molecular complexity index is 761. The zero-order valence-corrected chi connectivity index (χ0v) is 16.3. The van der Waals surface area contributed by atoms with E-state index in [2.05, 4.69) is 20.5 Å². The van der Waals surface area contributed by atoms with Gasteiger partial charge in [0.05, 0.1) is 18.9 Å². The van der Waals surface area contributed by atoms with E-state index in [1.807, 2.05) is 31.2 Å². The van der Waals surface area contributed by atoms with Crippen LogP contribution in [-0.2, 0) is 4.79 Å². The van der Waals surface area contributed by atoms with Crippen LogP contribution in [0, 0.1) is 0 Å². The molecule has 0 bridgehead atoms. The summed E-state index contributed by atoms with van der Waals surface area (Å²) >= 11 is 4.60. The molecule has 2 heterocycles. The number of carbonyl (C=O) groups excluding carboxylic acids is 1. The predicted molar refractivity (Wildman–Crippen MR) is 107 cm³/mol. The maximum atomic E-state index is 12.5. The predicted octanol–water partition coefficient (Wildman–Crippen LogP) is 3.77. The third kappa shape index (κ3) is 4.74. The monoisotopic (exact) mass is 394 g/mol. The van der Waals surface area contributed by atoms with Crippen LogP contribution in [-0.4, -0.2) is 45.1 Å². The van der Waals surface area contributed by atoms with Crippen molar-refractivity contribution in [3.8, 4) is 16.3 Å². The molecule has 0 saturated carbocycles. The Labute approximate surface area is 158 Å². The van der Waals surface area contributed by atoms with E-state index in [9.17, 15) is 4.79 Å². The summed E-state index contributed by atoms with van der Waals surface area (Å²) in [5.74, 6) is 1.74. The van der Waals surface area contributed by atoms with Crippen LogP contribution in [0.15, 0.2) is 29.3 Å². The van der Waals surface area contributed by atoms with Crippen LogP contribution in [0.25, 0.3) is 10.6 Å². The molecule has 1 aromatic heterocycles. The van der Waals surface area contributed by atoms with E-state index in [0.717, 1.165) is 39.4 Å². The minimum absolute atomic E-state index is 0.0554. The molecule has 0 fully saturated rings. The molecule has 1 atom stereocenters. The van der Waals surface area contributed by atoms with Crippen molar-refractivity contribution in [3.63, 3.8) is 0 Å². The van der Waals surface area contributed by atoms with E-state index < -0.39 is 0 Å². The van der Waals surface area contributed by atoms with Crippen molar-refractivity contribution in [3.05, 3.63) is 24.3 Å². The van der Waals surface area contributed by atoms with Crippen molar-refractivity contribution in [2.75, 3.05) is 24.7 Å². The highest BCUT2D eigenvalue weighted by atomic mass is 32.2. The number of aromatic nitrogens is 2. The highest BCUT2D eigenvalue weighted by Gasteiger charge is 2.22. The number of hydrogen-bond acceptors (Lipinski definition) is 8. The fraction of sp³-hybridized carbons (Fsp3) is 0.375. The first-order valence-electron chi connectivity index (χ1n) is 7.82. The van der Waals surface area contributed by atoms with Gasteiger partial charge in [-0.1, -0.05) is 41.8 Å². The van der Waals surface area contributed by atoms with E-state index in [-0.39, 0.29) is 11.2 Å². The molecule has 1 amide bonds. The molecule has 1 unspecified atom stereocenters. The molecule has 3 rings (SSSR count). The molecule has 1 aromatic carbocycles. The summed E-state index contributed by atoms with van der Waals surface area (Å²) in [5.41, 5.74) is 0.942. The van der Waals surface area contributed by atoms with Gasteiger partial charge in [-0.3, -0.25) is 15.1 Å². The van der Waals surface area contributed by atoms with E-state index in [4.69, 9.17) is 4.74 Å². The van der Waals surface area contributed by atoms with Crippen molar-refractivity contribution in [1.82, 2.24) is 10.2 Å². The van der Waals surface area contributed by atoms with Gasteiger partial charge in [0.1, 0.15) is 15.1 Å². The number of rotatable bonds is 6. The average Bonchev–Trinajstić information content (AvgIpc) is 3.31. The molecule has 0 aliphatic carbocycles. The van der Waals surface area contributed by atoms with Crippen molar-refractivity contribution in [1.29, 1.82) is 0 Å². The van der Waals surface area contributed by atoms with Crippen LogP contribution in [0.5, 0.6) is 5.75 Å². The lowest BCUT2D eigenvalue weighted by molar-refractivity contribution is -0.115. The Hall–Kier alpha value is -1.58. The van der Waals surface area contributed by atoms with Gasteiger partial charge in [-0.2, -0.15) is 0 Å². The molecule has 0 saturated heterocycles. The Kier molecular flexibility index (Phi) is 6.33. The number of hydrogen-bond donors (Lipinski definition) is 1. The number of nitrogens with one attached hydrogen (secondary N) is 1. The highest BCUT2D eigenvalue weighted by molar-refractivity contribution is 8.39. The van der Waals surface area contributed by atoms with Crippen LogP contribution >= 0.6 is 34.9 Å². The molecule has 6 nitrogen and oxygen atoms in total. The molecule has 1 N–H and O–H groups in total. The van der Waals surface area contributed by atoms with E-state index in [1.165, 1.54) is 23.1 Å². The highest BCUT2D eigenvalue weighted by Crippen LogP contribution is 2.30. The Morgan fingerprint density at radius 1 is 1.36 bits per heavy atom. The van der Waals surface area contributed by atoms with Gasteiger partial charge < -0.3 is 4.74 Å². The molecule has 0 spiro atoms. The molecule has 25 heavy (non-hydrogen) atoms. The number of carbonyl (C=O) groups is 1. The Balaban J connectivity index is 1.64. The number of amides is 1. The van der Waals surface area contributed by atoms with Crippen molar-refractivity contribution >= 4 is 50.3 Å². The number of aliphatic imine (C=N–C) groups is 1. The lowest BCUT2D eigenvalue weighted by Crippen LogP contribution is -2.25. The number of thioether (sulfide) groups is 2. The SMILES string of the molecule is CCC(SC1=NCCS1)C(=O)Nc1nnc(-c2ccc(OC)cc2)s1. The zero-order chi connectivity index (χ0) is 17.6. The van der Waals surface area contributed by atoms with Crippen LogP contribution in [0.2, 0.25) is 0 Å². The molecule has 0 radical (unpaired) electrons. The lowest BCUT2D eigenvalue weighted by Gasteiger charge is -2.12. The second-order valence-electron chi connectivity index (χ2n) is 5.14. The summed E-state index contributed by atoms with van der Waals surface area (Å²) in [6.07, 6.45) is 0.736. The first-order chi connectivity index (χ1) is 12.2. The number of ether oxygens (including phenoxy) is 1. The minimum atomic E-state index is -0.169. The largest absolute Gasteiger partial charge is 0.497 e. The van der Waals surface area contributed by atoms with E-state index >= 15 is 0 Å². The summed E-state index contributed by atoms with van der Waals surface area (Å²) in [6, 6.07) is 7.59. The number of nitrogens with zero attached hydrogens (tertiary/aromatic N) is 3. The number of methoxy groups -OCH3 is 1. The van der Waals surface area contributed by atoms with Gasteiger partial charge in [0, 0.05) is 11.3 Å². The van der Waals surface area contributed by atoms with E-state index in [0.29, 0.717) is 5.13 Å². The van der Waals surface area contributed by atoms with Crippen molar-refractivity contribution in [2.45, 2.75) is 18.6 Å². The zero-order valence-electron chi connectivity index (χ0n) is 13.9. The molecule has 9 heteroatoms. The van der Waals surface area contributed by atoms with Gasteiger partial charge in [0.15, 0.2) is 0 Å². The molecule has 2 aromatic rings. The summed E-state index contributed by atoms with van der Waals surface area (Å²) in [6.45, 7) is 2.84. The third-order valence-electron chi connectivity index (χ3n) is 3.46. The molecule has 1 aliphatic rings. The normalized spacial score (nSPS) is 14.9. The quantitative estimate of drug-likeness (QED) is 0.804. The first-order valence-corrected chi connectivity index (χ1v) is 10.5. The molecule has 1 aliphatic heterocycles. The summed E-state index contributed by atoms with van der Waals surface area (Å²) in [7, 11) is 1.63. The van der Waals surface area contributed by atoms with Crippen molar-refractivity contribution < 1.29 is 9.53 Å². The van der Waals surface area contributed by atoms with Crippen LogP contribution in [0.1, 0.15) is 13.3 Å². The standard InChI is InChI=1S/C16H18N4O2S3/c1-3-12(24-16-17-8-9-23-16)13(21)18-15-20-19-14(25-15)10-4-6-11(22-2)7-5-10/h4-7,12H,3,8-9H2,1-2H3,(H,18,20,21). The molecular formula is C16H18N4O2S3. The van der Waals surface area contributed by atoms with Crippen LogP contribution < -0.4 is 10.1 Å². The van der Waals surface area contributed by atoms with Crippen molar-refractivity contribution in [2.24, 2.45) is 4.99 Å². The van der Waals surface area contributed by atoms with Gasteiger partial charge in [-0.25, -0.2) is 0 Å². The Morgan fingerprint density at radius 2 is 2.16 bits per heavy atom. The minimum Gasteiger partial charge on any atom is -0.497 e. The van der Waals surface area contributed by atoms with Gasteiger partial charge in [0.25, 0.3) is 0 Å². The fourth-order valence-electron chi connectivity index (χ4n) is 2.14. The maximum absolute atomic E-state index is 12.5. The lowest BCUT2D eigenvalue weighted by atomic mass is 10.2. The third-order valence-corrected chi connectivity index (χ3v) is 6.91. The maximum Gasteiger partial charge on any atom is 0.239 e. The number of anilines is 1. The topological polar surface area (TPSA) is 76.5 Å².